The topological polar surface area (TPSA) is 58.6 Å². The first-order chi connectivity index (χ1) is 10.6. The molecular weight excluding hydrogens is 280 g/mol. The highest BCUT2D eigenvalue weighted by molar-refractivity contribution is 5.76. The van der Waals surface area contributed by atoms with Gasteiger partial charge in [-0.15, -0.1) is 0 Å². The van der Waals surface area contributed by atoms with Crippen LogP contribution in [0.3, 0.4) is 0 Å². The van der Waals surface area contributed by atoms with Gasteiger partial charge in [-0.05, 0) is 32.3 Å². The third-order valence-electron chi connectivity index (χ3n) is 3.89. The third-order valence-corrected chi connectivity index (χ3v) is 3.89. The molecule has 5 heteroatoms. The number of nitrogens with one attached hydrogen (secondary N) is 1. The minimum absolute atomic E-state index is 0.104. The van der Waals surface area contributed by atoms with E-state index < -0.39 is 0 Å². The van der Waals surface area contributed by atoms with E-state index in [1.54, 1.807) is 6.92 Å². The molecule has 0 spiro atoms. The van der Waals surface area contributed by atoms with Gasteiger partial charge in [0.15, 0.2) is 0 Å². The molecule has 0 bridgehead atoms. The predicted molar refractivity (Wildman–Crippen MR) is 84.5 cm³/mol. The fraction of sp³-hybridized carbons (Fsp3) is 0.529. The predicted octanol–water partition coefficient (Wildman–Crippen LogP) is 2.79. The summed E-state index contributed by atoms with van der Waals surface area (Å²) in [4.78, 5) is 25.4. The molecule has 1 saturated heterocycles. The third kappa shape index (κ3) is 4.23. The van der Waals surface area contributed by atoms with Crippen LogP contribution in [-0.2, 0) is 9.53 Å². The number of esters is 1. The lowest BCUT2D eigenvalue weighted by Gasteiger charge is -2.25. The molecule has 0 radical (unpaired) electrons. The maximum Gasteiger partial charge on any atom is 0.317 e. The Kier molecular flexibility index (Phi) is 5.81. The summed E-state index contributed by atoms with van der Waals surface area (Å²) in [6.45, 7) is 5.26. The van der Waals surface area contributed by atoms with Crippen molar-refractivity contribution in [1.82, 2.24) is 10.2 Å². The molecule has 1 atom stereocenters. The second-order valence-corrected chi connectivity index (χ2v) is 5.55. The van der Waals surface area contributed by atoms with Crippen molar-refractivity contribution >= 4 is 12.0 Å². The number of benzene rings is 1. The minimum Gasteiger partial charge on any atom is -0.466 e. The summed E-state index contributed by atoms with van der Waals surface area (Å²) in [6, 6.07) is 8.35. The molecular formula is C17H24N2O3. The van der Waals surface area contributed by atoms with Gasteiger partial charge in [-0.2, -0.15) is 0 Å². The monoisotopic (exact) mass is 304 g/mol. The number of rotatable bonds is 5. The zero-order valence-corrected chi connectivity index (χ0v) is 13.3. The lowest BCUT2D eigenvalue weighted by Crippen LogP contribution is -2.40. The first-order valence-corrected chi connectivity index (χ1v) is 7.88. The minimum atomic E-state index is -0.278. The van der Waals surface area contributed by atoms with E-state index in [9.17, 15) is 9.59 Å². The lowest BCUT2D eigenvalue weighted by molar-refractivity contribution is -0.142. The normalized spacial score (nSPS) is 17.4. The number of urea groups is 1. The van der Waals surface area contributed by atoms with Crippen molar-refractivity contribution in [2.75, 3.05) is 19.7 Å². The van der Waals surface area contributed by atoms with E-state index in [0.717, 1.165) is 19.4 Å². The molecule has 1 aromatic carbocycles. The summed E-state index contributed by atoms with van der Waals surface area (Å²) in [6.07, 6.45) is 2.20. The smallest absolute Gasteiger partial charge is 0.317 e. The molecule has 1 aliphatic heterocycles. The van der Waals surface area contributed by atoms with Crippen LogP contribution in [-0.4, -0.2) is 36.6 Å². The van der Waals surface area contributed by atoms with Crippen molar-refractivity contribution in [2.45, 2.75) is 39.2 Å². The van der Waals surface area contributed by atoms with Gasteiger partial charge in [0, 0.05) is 13.1 Å². The molecule has 2 amide bonds. The summed E-state index contributed by atoms with van der Waals surface area (Å²) in [5.41, 5.74) is 2.39. The fourth-order valence-corrected chi connectivity index (χ4v) is 2.75. The second kappa shape index (κ2) is 7.82. The zero-order valence-electron chi connectivity index (χ0n) is 13.3. The second-order valence-electron chi connectivity index (χ2n) is 5.55. The number of carbonyl (C=O) groups excluding carboxylic acids is 2. The number of nitrogens with zero attached hydrogens (tertiary/aromatic N) is 1. The molecule has 0 aromatic heterocycles. The molecule has 0 saturated carbocycles. The number of carbonyl (C=O) groups is 2. The zero-order chi connectivity index (χ0) is 15.9. The van der Waals surface area contributed by atoms with E-state index >= 15 is 0 Å². The molecule has 0 aliphatic carbocycles. The summed E-state index contributed by atoms with van der Waals surface area (Å²) >= 11 is 0. The van der Waals surface area contributed by atoms with Gasteiger partial charge in [-0.3, -0.25) is 4.79 Å². The summed E-state index contributed by atoms with van der Waals surface area (Å²) < 4.78 is 4.85. The molecule has 120 valence electrons. The molecule has 5 nitrogen and oxygen atoms in total. The van der Waals surface area contributed by atoms with Crippen LogP contribution in [0.2, 0.25) is 0 Å². The van der Waals surface area contributed by atoms with E-state index in [0.29, 0.717) is 13.2 Å². The standard InChI is InChI=1S/C17H24N2O3/c1-3-22-16(20)10-11-18-17(21)19-12-4-5-15(19)14-8-6-13(2)7-9-14/h6-9,15H,3-5,10-12H2,1-2H3,(H,18,21)/t15-/m0/s1. The van der Waals surface area contributed by atoms with Crippen LogP contribution in [0.1, 0.15) is 43.4 Å². The van der Waals surface area contributed by atoms with Crippen molar-refractivity contribution in [2.24, 2.45) is 0 Å². The summed E-state index contributed by atoms with van der Waals surface area (Å²) in [7, 11) is 0. The lowest BCUT2D eigenvalue weighted by atomic mass is 10.0. The van der Waals surface area contributed by atoms with Crippen LogP contribution in [0.4, 0.5) is 4.79 Å². The number of hydrogen-bond acceptors (Lipinski definition) is 3. The quantitative estimate of drug-likeness (QED) is 0.851. The first-order valence-electron chi connectivity index (χ1n) is 7.88. The molecule has 1 N–H and O–H groups in total. The van der Waals surface area contributed by atoms with Crippen molar-refractivity contribution in [3.8, 4) is 0 Å². The van der Waals surface area contributed by atoms with Crippen LogP contribution in [0.5, 0.6) is 0 Å². The van der Waals surface area contributed by atoms with Gasteiger partial charge in [0.2, 0.25) is 0 Å². The average Bonchev–Trinajstić information content (AvgIpc) is 2.97. The fourth-order valence-electron chi connectivity index (χ4n) is 2.75. The molecule has 1 heterocycles. The van der Waals surface area contributed by atoms with Gasteiger partial charge in [-0.1, -0.05) is 29.8 Å². The Labute approximate surface area is 131 Å². The Morgan fingerprint density at radius 3 is 2.73 bits per heavy atom. The first kappa shape index (κ1) is 16.3. The van der Waals surface area contributed by atoms with E-state index in [2.05, 4.69) is 36.5 Å². The van der Waals surface area contributed by atoms with E-state index in [-0.39, 0.29) is 24.5 Å². The average molecular weight is 304 g/mol. The highest BCUT2D eigenvalue weighted by Gasteiger charge is 2.29. The van der Waals surface area contributed by atoms with Gasteiger partial charge in [0.1, 0.15) is 0 Å². The van der Waals surface area contributed by atoms with Gasteiger partial charge >= 0.3 is 12.0 Å². The number of amides is 2. The SMILES string of the molecule is CCOC(=O)CCNC(=O)N1CCC[C@H]1c1ccc(C)cc1. The summed E-state index contributed by atoms with van der Waals surface area (Å²) in [5.74, 6) is -0.278. The Bertz CT molecular complexity index is 513. The molecule has 1 fully saturated rings. The molecule has 22 heavy (non-hydrogen) atoms. The number of hydrogen-bond donors (Lipinski definition) is 1. The Hall–Kier alpha value is -2.04. The van der Waals surface area contributed by atoms with Gasteiger partial charge < -0.3 is 15.0 Å². The Morgan fingerprint density at radius 1 is 1.32 bits per heavy atom. The van der Waals surface area contributed by atoms with Gasteiger partial charge in [0.25, 0.3) is 0 Å². The number of aryl methyl sites for hydroxylation is 1. The van der Waals surface area contributed by atoms with Crippen molar-refractivity contribution < 1.29 is 14.3 Å². The maximum absolute atomic E-state index is 12.3. The van der Waals surface area contributed by atoms with Crippen LogP contribution < -0.4 is 5.32 Å². The largest absolute Gasteiger partial charge is 0.466 e. The summed E-state index contributed by atoms with van der Waals surface area (Å²) in [5, 5.41) is 2.81. The van der Waals surface area contributed by atoms with Crippen LogP contribution in [0, 0.1) is 6.92 Å². The molecule has 1 aromatic rings. The van der Waals surface area contributed by atoms with Crippen LogP contribution >= 0.6 is 0 Å². The Balaban J connectivity index is 1.88. The highest BCUT2D eigenvalue weighted by Crippen LogP contribution is 2.31. The van der Waals surface area contributed by atoms with Crippen LogP contribution in [0.25, 0.3) is 0 Å². The van der Waals surface area contributed by atoms with Crippen LogP contribution in [0.15, 0.2) is 24.3 Å². The van der Waals surface area contributed by atoms with E-state index in [4.69, 9.17) is 4.74 Å². The molecule has 2 rings (SSSR count). The number of ether oxygens (including phenoxy) is 1. The Morgan fingerprint density at radius 2 is 2.05 bits per heavy atom. The van der Waals surface area contributed by atoms with E-state index in [1.165, 1.54) is 11.1 Å². The molecule has 0 unspecified atom stereocenters. The van der Waals surface area contributed by atoms with Gasteiger partial charge in [0.05, 0.1) is 19.1 Å². The highest BCUT2D eigenvalue weighted by atomic mass is 16.5. The molecule has 1 aliphatic rings. The maximum atomic E-state index is 12.3. The van der Waals surface area contributed by atoms with Gasteiger partial charge in [-0.25, -0.2) is 4.79 Å². The van der Waals surface area contributed by atoms with Crippen molar-refractivity contribution in [3.05, 3.63) is 35.4 Å². The van der Waals surface area contributed by atoms with Crippen molar-refractivity contribution in [3.63, 3.8) is 0 Å². The van der Waals surface area contributed by atoms with Crippen molar-refractivity contribution in [1.29, 1.82) is 0 Å². The number of likely N-dealkylation sites (tertiary alicyclic amines) is 1. The van der Waals surface area contributed by atoms with E-state index in [1.807, 2.05) is 4.90 Å².